The van der Waals surface area contributed by atoms with Crippen molar-refractivity contribution in [2.24, 2.45) is 0 Å². The molecular weight excluding hydrogens is 272 g/mol. The van der Waals surface area contributed by atoms with Crippen molar-refractivity contribution in [3.8, 4) is 16.6 Å². The number of hydrogen-bond acceptors (Lipinski definition) is 5. The molecule has 0 radical (unpaired) electrons. The first-order valence-electron chi connectivity index (χ1n) is 6.04. The predicted octanol–water partition coefficient (Wildman–Crippen LogP) is 2.55. The van der Waals surface area contributed by atoms with E-state index in [0.717, 1.165) is 10.6 Å². The summed E-state index contributed by atoms with van der Waals surface area (Å²) < 4.78 is 0. The molecule has 2 rings (SSSR count). The van der Waals surface area contributed by atoms with E-state index in [1.165, 1.54) is 11.3 Å². The first-order valence-corrected chi connectivity index (χ1v) is 6.86. The molecule has 6 heteroatoms. The fourth-order valence-electron chi connectivity index (χ4n) is 1.59. The smallest absolute Gasteiger partial charge is 0.264 e. The Hall–Kier alpha value is -2.26. The van der Waals surface area contributed by atoms with E-state index in [9.17, 15) is 4.79 Å². The molecule has 0 aliphatic rings. The Kier molecular flexibility index (Phi) is 3.81. The fraction of sp³-hybridized carbons (Fsp3) is 0.286. The molecule has 1 amide bonds. The molecule has 2 aromatic heterocycles. The number of carbonyl (C=O) groups excluding carboxylic acids is 1. The molecule has 0 saturated heterocycles. The lowest BCUT2D eigenvalue weighted by atomic mass is 10.1. The number of hydrogen-bond donors (Lipinski definition) is 1. The molecule has 2 heterocycles. The second-order valence-electron chi connectivity index (χ2n) is 4.87. The summed E-state index contributed by atoms with van der Waals surface area (Å²) >= 11 is 1.30. The minimum Gasteiger partial charge on any atom is -0.333 e. The summed E-state index contributed by atoms with van der Waals surface area (Å²) in [6.07, 6.45) is 3.40. The van der Waals surface area contributed by atoms with Crippen LogP contribution in [0.5, 0.6) is 0 Å². The standard InChI is InChI=1S/C14H14N4OS/c1-9-11(12(19)18-14(2,3)8-15)20-13(17-9)10-5-4-6-16-7-10/h4-7H,1-3H3,(H,18,19). The summed E-state index contributed by atoms with van der Waals surface area (Å²) in [7, 11) is 0. The monoisotopic (exact) mass is 286 g/mol. The summed E-state index contributed by atoms with van der Waals surface area (Å²) in [4.78, 5) is 21.1. The third-order valence-electron chi connectivity index (χ3n) is 2.62. The molecule has 5 nitrogen and oxygen atoms in total. The van der Waals surface area contributed by atoms with Gasteiger partial charge in [0, 0.05) is 18.0 Å². The topological polar surface area (TPSA) is 78.7 Å². The van der Waals surface area contributed by atoms with Gasteiger partial charge < -0.3 is 5.32 Å². The third kappa shape index (κ3) is 3.00. The van der Waals surface area contributed by atoms with Crippen LogP contribution in [0, 0.1) is 18.3 Å². The fourth-order valence-corrected chi connectivity index (χ4v) is 2.54. The van der Waals surface area contributed by atoms with Crippen LogP contribution in [0.3, 0.4) is 0 Å². The number of aryl methyl sites for hydroxylation is 1. The van der Waals surface area contributed by atoms with Crippen LogP contribution < -0.4 is 5.32 Å². The molecule has 0 unspecified atom stereocenters. The molecule has 0 aliphatic carbocycles. The van der Waals surface area contributed by atoms with Crippen molar-refractivity contribution in [1.82, 2.24) is 15.3 Å². The first kappa shape index (κ1) is 14.2. The highest BCUT2D eigenvalue weighted by atomic mass is 32.1. The number of carbonyl (C=O) groups is 1. The van der Waals surface area contributed by atoms with Crippen LogP contribution in [0.1, 0.15) is 29.2 Å². The summed E-state index contributed by atoms with van der Waals surface area (Å²) in [6, 6.07) is 5.76. The van der Waals surface area contributed by atoms with Crippen molar-refractivity contribution in [1.29, 1.82) is 5.26 Å². The summed E-state index contributed by atoms with van der Waals surface area (Å²) in [5.74, 6) is -0.276. The maximum Gasteiger partial charge on any atom is 0.264 e. The number of nitrogens with one attached hydrogen (secondary N) is 1. The number of nitriles is 1. The lowest BCUT2D eigenvalue weighted by Gasteiger charge is -2.16. The zero-order valence-electron chi connectivity index (χ0n) is 11.5. The van der Waals surface area contributed by atoms with Gasteiger partial charge in [0.25, 0.3) is 5.91 Å². The molecule has 0 fully saturated rings. The second-order valence-corrected chi connectivity index (χ2v) is 5.87. The van der Waals surface area contributed by atoms with Gasteiger partial charge in [0.1, 0.15) is 15.4 Å². The second kappa shape index (κ2) is 5.39. The molecular formula is C14H14N4OS. The third-order valence-corrected chi connectivity index (χ3v) is 3.82. The molecule has 0 aromatic carbocycles. The molecule has 0 saturated carbocycles. The van der Waals surface area contributed by atoms with Crippen LogP contribution in [0.25, 0.3) is 10.6 Å². The minimum absolute atomic E-state index is 0.276. The number of thiazole rings is 1. The van der Waals surface area contributed by atoms with Gasteiger partial charge in [-0.05, 0) is 32.9 Å². The van der Waals surface area contributed by atoms with Gasteiger partial charge in [0.2, 0.25) is 0 Å². The highest BCUT2D eigenvalue weighted by Crippen LogP contribution is 2.27. The van der Waals surface area contributed by atoms with Crippen molar-refractivity contribution in [3.05, 3.63) is 35.1 Å². The Morgan fingerprint density at radius 2 is 2.25 bits per heavy atom. The van der Waals surface area contributed by atoms with E-state index in [-0.39, 0.29) is 5.91 Å². The highest BCUT2D eigenvalue weighted by Gasteiger charge is 2.23. The maximum absolute atomic E-state index is 12.2. The molecule has 0 spiro atoms. The van der Waals surface area contributed by atoms with E-state index < -0.39 is 5.54 Å². The highest BCUT2D eigenvalue weighted by molar-refractivity contribution is 7.17. The minimum atomic E-state index is -0.901. The lowest BCUT2D eigenvalue weighted by Crippen LogP contribution is -2.41. The molecule has 1 N–H and O–H groups in total. The zero-order valence-corrected chi connectivity index (χ0v) is 12.3. The van der Waals surface area contributed by atoms with Gasteiger partial charge in [-0.25, -0.2) is 4.98 Å². The average molecular weight is 286 g/mol. The molecule has 0 bridgehead atoms. The van der Waals surface area contributed by atoms with Crippen molar-refractivity contribution < 1.29 is 4.79 Å². The maximum atomic E-state index is 12.2. The Morgan fingerprint density at radius 3 is 2.85 bits per heavy atom. The number of nitrogens with zero attached hydrogens (tertiary/aromatic N) is 3. The van der Waals surface area contributed by atoms with Crippen LogP contribution in [0.2, 0.25) is 0 Å². The largest absolute Gasteiger partial charge is 0.333 e. The number of rotatable bonds is 3. The Labute approximate surface area is 121 Å². The van der Waals surface area contributed by atoms with Crippen molar-refractivity contribution in [3.63, 3.8) is 0 Å². The van der Waals surface area contributed by atoms with E-state index in [2.05, 4.69) is 15.3 Å². The number of amides is 1. The van der Waals surface area contributed by atoms with Crippen LogP contribution in [-0.4, -0.2) is 21.4 Å². The van der Waals surface area contributed by atoms with Gasteiger partial charge in [-0.3, -0.25) is 9.78 Å². The predicted molar refractivity (Wildman–Crippen MR) is 77.2 cm³/mol. The van der Waals surface area contributed by atoms with Crippen LogP contribution in [0.4, 0.5) is 0 Å². The van der Waals surface area contributed by atoms with E-state index in [1.807, 2.05) is 18.2 Å². The molecule has 20 heavy (non-hydrogen) atoms. The first-order chi connectivity index (χ1) is 9.43. The Bertz CT molecular complexity index is 670. The van der Waals surface area contributed by atoms with Crippen molar-refractivity contribution >= 4 is 17.2 Å². The van der Waals surface area contributed by atoms with Gasteiger partial charge in [0.15, 0.2) is 0 Å². The molecule has 0 atom stereocenters. The van der Waals surface area contributed by atoms with E-state index in [4.69, 9.17) is 5.26 Å². The quantitative estimate of drug-likeness (QED) is 0.940. The Morgan fingerprint density at radius 1 is 1.50 bits per heavy atom. The zero-order chi connectivity index (χ0) is 14.8. The van der Waals surface area contributed by atoms with Crippen molar-refractivity contribution in [2.45, 2.75) is 26.3 Å². The normalized spacial score (nSPS) is 10.9. The van der Waals surface area contributed by atoms with Gasteiger partial charge >= 0.3 is 0 Å². The SMILES string of the molecule is Cc1nc(-c2cccnc2)sc1C(=O)NC(C)(C)C#N. The van der Waals surface area contributed by atoms with Crippen LogP contribution in [0.15, 0.2) is 24.5 Å². The average Bonchev–Trinajstić information content (AvgIpc) is 2.81. The van der Waals surface area contributed by atoms with Gasteiger partial charge in [-0.1, -0.05) is 0 Å². The van der Waals surface area contributed by atoms with E-state index in [0.29, 0.717) is 10.6 Å². The van der Waals surface area contributed by atoms with Crippen LogP contribution >= 0.6 is 11.3 Å². The molecule has 102 valence electrons. The molecule has 0 aliphatic heterocycles. The van der Waals surface area contributed by atoms with E-state index in [1.54, 1.807) is 33.2 Å². The summed E-state index contributed by atoms with van der Waals surface area (Å²) in [6.45, 7) is 5.09. The van der Waals surface area contributed by atoms with Gasteiger partial charge in [-0.15, -0.1) is 11.3 Å². The van der Waals surface area contributed by atoms with Crippen LogP contribution in [-0.2, 0) is 0 Å². The number of pyridine rings is 1. The molecule has 2 aromatic rings. The van der Waals surface area contributed by atoms with Crippen molar-refractivity contribution in [2.75, 3.05) is 0 Å². The summed E-state index contributed by atoms with van der Waals surface area (Å²) in [5.41, 5.74) is 0.626. The Balaban J connectivity index is 2.29. The number of aromatic nitrogens is 2. The lowest BCUT2D eigenvalue weighted by molar-refractivity contribution is 0.0932. The van der Waals surface area contributed by atoms with Gasteiger partial charge in [0.05, 0.1) is 11.8 Å². The van der Waals surface area contributed by atoms with Gasteiger partial charge in [-0.2, -0.15) is 5.26 Å². The summed E-state index contributed by atoms with van der Waals surface area (Å²) in [5, 5.41) is 12.4. The van der Waals surface area contributed by atoms with E-state index >= 15 is 0 Å².